The molecule has 1 aromatic carbocycles. The second kappa shape index (κ2) is 1.94. The van der Waals surface area contributed by atoms with E-state index in [0.29, 0.717) is 27.0 Å². The molecular formula is C6H2N4O3. The summed E-state index contributed by atoms with van der Waals surface area (Å²) >= 11 is 0. The predicted octanol–water partition coefficient (Wildman–Crippen LogP) is -0.00260. The lowest BCUT2D eigenvalue weighted by atomic mass is 10.3. The predicted molar refractivity (Wildman–Crippen MR) is 38.3 cm³/mol. The van der Waals surface area contributed by atoms with Gasteiger partial charge >= 0.3 is 0 Å². The van der Waals surface area contributed by atoms with Gasteiger partial charge in [0.2, 0.25) is 5.52 Å². The highest BCUT2D eigenvalue weighted by molar-refractivity contribution is 5.97. The maximum atomic E-state index is 11.0. The molecule has 13 heavy (non-hydrogen) atoms. The summed E-state index contributed by atoms with van der Waals surface area (Å²) in [5.41, 5.74) is 1.63. The van der Waals surface area contributed by atoms with Gasteiger partial charge in [-0.05, 0) is 27.3 Å². The van der Waals surface area contributed by atoms with Crippen molar-refractivity contribution in [2.45, 2.75) is 0 Å². The first-order valence-electron chi connectivity index (χ1n) is 3.47. The highest BCUT2D eigenvalue weighted by Gasteiger charge is 2.16. The van der Waals surface area contributed by atoms with E-state index in [1.165, 1.54) is 0 Å². The molecule has 0 N–H and O–H groups in total. The Morgan fingerprint density at radius 2 is 2.08 bits per heavy atom. The number of benzene rings is 1. The van der Waals surface area contributed by atoms with Gasteiger partial charge in [0.15, 0.2) is 5.52 Å². The molecule has 7 nitrogen and oxygen atoms in total. The summed E-state index contributed by atoms with van der Waals surface area (Å²) in [5, 5.41) is 21.7. The van der Waals surface area contributed by atoms with Gasteiger partial charge in [-0.3, -0.25) is 4.63 Å². The zero-order chi connectivity index (χ0) is 8.84. The van der Waals surface area contributed by atoms with Crippen LogP contribution in [0.1, 0.15) is 0 Å². The van der Waals surface area contributed by atoms with Crippen LogP contribution in [0.3, 0.4) is 0 Å². The Kier molecular flexibility index (Phi) is 0.950. The summed E-state index contributed by atoms with van der Waals surface area (Å²) in [5.74, 6) is 0. The summed E-state index contributed by atoms with van der Waals surface area (Å²) in [6.45, 7) is 0. The van der Waals surface area contributed by atoms with Gasteiger partial charge in [0, 0.05) is 5.16 Å². The van der Waals surface area contributed by atoms with Crippen LogP contribution in [-0.2, 0) is 0 Å². The van der Waals surface area contributed by atoms with Crippen LogP contribution in [0.2, 0.25) is 0 Å². The van der Waals surface area contributed by atoms with Crippen LogP contribution in [0.15, 0.2) is 21.4 Å². The maximum Gasteiger partial charge on any atom is 0.279 e. The number of aromatic nitrogens is 4. The lowest BCUT2D eigenvalue weighted by Gasteiger charge is -1.83. The van der Waals surface area contributed by atoms with Gasteiger partial charge in [-0.1, -0.05) is 0 Å². The average molecular weight is 178 g/mol. The van der Waals surface area contributed by atoms with Crippen molar-refractivity contribution in [1.82, 2.24) is 15.5 Å². The Morgan fingerprint density at radius 1 is 1.15 bits per heavy atom. The topological polar surface area (TPSA) is 91.9 Å². The van der Waals surface area contributed by atoms with Gasteiger partial charge in [-0.15, -0.1) is 0 Å². The molecule has 0 aliphatic heterocycles. The van der Waals surface area contributed by atoms with Crippen molar-refractivity contribution in [1.29, 1.82) is 0 Å². The minimum atomic E-state index is 0.309. The van der Waals surface area contributed by atoms with Gasteiger partial charge in [0.1, 0.15) is 5.52 Å². The lowest BCUT2D eigenvalue weighted by molar-refractivity contribution is -0.782. The van der Waals surface area contributed by atoms with Gasteiger partial charge in [-0.25, -0.2) is 4.63 Å². The van der Waals surface area contributed by atoms with Crippen molar-refractivity contribution in [3.05, 3.63) is 17.3 Å². The van der Waals surface area contributed by atoms with Gasteiger partial charge in [0.05, 0.1) is 0 Å². The summed E-state index contributed by atoms with van der Waals surface area (Å²) < 4.78 is 8.88. The molecule has 0 aliphatic rings. The minimum absolute atomic E-state index is 0.309. The Hall–Kier alpha value is -2.18. The smallest absolute Gasteiger partial charge is 0.279 e. The second-order valence-electron chi connectivity index (χ2n) is 2.50. The van der Waals surface area contributed by atoms with Crippen molar-refractivity contribution >= 4 is 22.1 Å². The van der Waals surface area contributed by atoms with Crippen LogP contribution < -0.4 is 4.90 Å². The van der Waals surface area contributed by atoms with Crippen molar-refractivity contribution in [3.8, 4) is 0 Å². The van der Waals surface area contributed by atoms with E-state index in [-0.39, 0.29) is 0 Å². The Morgan fingerprint density at radius 3 is 3.00 bits per heavy atom. The van der Waals surface area contributed by atoms with E-state index in [0.717, 1.165) is 0 Å². The van der Waals surface area contributed by atoms with Gasteiger partial charge in [0.25, 0.3) is 5.52 Å². The van der Waals surface area contributed by atoms with Crippen LogP contribution in [0.5, 0.6) is 0 Å². The molecule has 0 bridgehead atoms. The first kappa shape index (κ1) is 6.35. The third kappa shape index (κ3) is 0.675. The zero-order valence-electron chi connectivity index (χ0n) is 6.17. The monoisotopic (exact) mass is 178 g/mol. The molecule has 0 unspecified atom stereocenters. The van der Waals surface area contributed by atoms with Crippen LogP contribution in [0.4, 0.5) is 0 Å². The molecule has 2 heterocycles. The molecule has 0 saturated heterocycles. The normalized spacial score (nSPS) is 11.4. The molecule has 0 atom stereocenters. The highest BCUT2D eigenvalue weighted by Crippen LogP contribution is 2.17. The fourth-order valence-electron chi connectivity index (χ4n) is 1.19. The number of fused-ring (bicyclic) bond motifs is 3. The second-order valence-corrected chi connectivity index (χ2v) is 2.50. The van der Waals surface area contributed by atoms with Crippen molar-refractivity contribution in [3.63, 3.8) is 0 Å². The van der Waals surface area contributed by atoms with E-state index < -0.39 is 0 Å². The van der Waals surface area contributed by atoms with Gasteiger partial charge in [-0.2, -0.15) is 0 Å². The number of hydrogen-bond donors (Lipinski definition) is 0. The number of nitrogens with zero attached hydrogens (tertiary/aromatic N) is 4. The van der Waals surface area contributed by atoms with E-state index in [1.54, 1.807) is 12.1 Å². The largest absolute Gasteiger partial charge is 0.359 e. The Balaban J connectivity index is 2.66. The SMILES string of the molecule is [O-][n+]1onc2c3nonc3ccc21. The molecule has 0 amide bonds. The standard InChI is InChI=1S/C6H2N4O3/c11-10-4-2-1-3-5(8-12-7-3)6(4)9-13-10/h1-2H. The molecule has 0 spiro atoms. The van der Waals surface area contributed by atoms with Gasteiger partial charge < -0.3 is 5.21 Å². The molecule has 0 aliphatic carbocycles. The van der Waals surface area contributed by atoms with Crippen LogP contribution in [0.25, 0.3) is 22.1 Å². The van der Waals surface area contributed by atoms with Crippen LogP contribution in [0, 0.1) is 5.21 Å². The van der Waals surface area contributed by atoms with E-state index in [4.69, 9.17) is 0 Å². The van der Waals surface area contributed by atoms with E-state index in [9.17, 15) is 5.21 Å². The molecule has 64 valence electrons. The molecular weight excluding hydrogens is 176 g/mol. The van der Waals surface area contributed by atoms with E-state index >= 15 is 0 Å². The number of hydrogen-bond acceptors (Lipinski definition) is 6. The molecule has 3 rings (SSSR count). The fourth-order valence-corrected chi connectivity index (χ4v) is 1.19. The Bertz CT molecular complexity index is 584. The fraction of sp³-hybridized carbons (Fsp3) is 0. The quantitative estimate of drug-likeness (QED) is 0.450. The Labute approximate surface area is 70.0 Å². The van der Waals surface area contributed by atoms with Crippen LogP contribution >= 0.6 is 0 Å². The highest BCUT2D eigenvalue weighted by atomic mass is 16.8. The minimum Gasteiger partial charge on any atom is -0.359 e. The first-order chi connectivity index (χ1) is 6.36. The zero-order valence-corrected chi connectivity index (χ0v) is 6.17. The molecule has 3 aromatic rings. The van der Waals surface area contributed by atoms with Crippen molar-refractivity contribution < 1.29 is 14.2 Å². The van der Waals surface area contributed by atoms with E-state index in [2.05, 4.69) is 24.7 Å². The van der Waals surface area contributed by atoms with Crippen molar-refractivity contribution in [2.75, 3.05) is 0 Å². The summed E-state index contributed by atoms with van der Waals surface area (Å²) in [4.78, 5) is 0.309. The summed E-state index contributed by atoms with van der Waals surface area (Å²) in [6, 6.07) is 3.16. The third-order valence-corrected chi connectivity index (χ3v) is 1.78. The average Bonchev–Trinajstić information content (AvgIpc) is 2.70. The first-order valence-corrected chi connectivity index (χ1v) is 3.47. The maximum absolute atomic E-state index is 11.0. The lowest BCUT2D eigenvalue weighted by Crippen LogP contribution is -2.22. The molecule has 7 heteroatoms. The summed E-state index contributed by atoms with van der Waals surface area (Å²) in [6.07, 6.45) is 0. The third-order valence-electron chi connectivity index (χ3n) is 1.78. The molecule has 0 radical (unpaired) electrons. The van der Waals surface area contributed by atoms with Crippen LogP contribution in [-0.4, -0.2) is 15.5 Å². The molecule has 2 aromatic heterocycles. The molecule has 0 saturated carbocycles. The molecule has 0 fully saturated rings. The van der Waals surface area contributed by atoms with Crippen molar-refractivity contribution in [2.24, 2.45) is 0 Å². The number of rotatable bonds is 0. The summed E-state index contributed by atoms with van der Waals surface area (Å²) in [7, 11) is 0. The van der Waals surface area contributed by atoms with E-state index in [1.807, 2.05) is 0 Å².